The van der Waals surface area contributed by atoms with Gasteiger partial charge in [-0.25, -0.2) is 4.79 Å². The number of carbonyl (C=O) groups excluding carboxylic acids is 3. The van der Waals surface area contributed by atoms with Crippen molar-refractivity contribution in [2.75, 3.05) is 32.7 Å². The number of carbonyl (C=O) groups is 3. The zero-order chi connectivity index (χ0) is 40.0. The Morgan fingerprint density at radius 2 is 1.53 bits per heavy atom. The minimum atomic E-state index is -0.976. The number of nitrogens with zero attached hydrogens (tertiary/aromatic N) is 3. The molecule has 0 radical (unpaired) electrons. The van der Waals surface area contributed by atoms with E-state index in [1.165, 1.54) is 43.7 Å². The van der Waals surface area contributed by atoms with Gasteiger partial charge in [-0.2, -0.15) is 0 Å². The van der Waals surface area contributed by atoms with E-state index in [1.54, 1.807) is 0 Å². The molecule has 4 heterocycles. The third-order valence-corrected chi connectivity index (χ3v) is 12.2. The van der Waals surface area contributed by atoms with Crippen molar-refractivity contribution in [2.45, 2.75) is 89.4 Å². The van der Waals surface area contributed by atoms with Crippen LogP contribution in [0.25, 0.3) is 11.1 Å². The maximum absolute atomic E-state index is 13.3. The Morgan fingerprint density at radius 3 is 2.31 bits per heavy atom. The van der Waals surface area contributed by atoms with E-state index in [0.717, 1.165) is 58.6 Å². The minimum Gasteiger partial charge on any atom is -0.445 e. The second-order valence-electron chi connectivity index (χ2n) is 16.2. The monoisotopic (exact) mass is 786 g/mol. The highest BCUT2D eigenvalue weighted by Gasteiger charge is 2.42. The molecule has 4 fully saturated rings. The summed E-state index contributed by atoms with van der Waals surface area (Å²) in [6.07, 6.45) is 3.27. The first-order chi connectivity index (χ1) is 28.3. The molecular weight excluding hydrogens is 733 g/mol. The summed E-state index contributed by atoms with van der Waals surface area (Å²) >= 11 is 0. The number of rotatable bonds is 13. The molecule has 3 amide bonds. The second-order valence-corrected chi connectivity index (χ2v) is 16.2. The van der Waals surface area contributed by atoms with Gasteiger partial charge in [-0.05, 0) is 90.8 Å². The molecule has 0 aromatic heterocycles. The van der Waals surface area contributed by atoms with Crippen LogP contribution in [0, 0.1) is 5.92 Å². The predicted molar refractivity (Wildman–Crippen MR) is 219 cm³/mol. The largest absolute Gasteiger partial charge is 0.445 e. The molecule has 2 N–H and O–H groups in total. The fourth-order valence-electron chi connectivity index (χ4n) is 8.93. The van der Waals surface area contributed by atoms with Gasteiger partial charge in [0.05, 0.1) is 31.8 Å². The lowest BCUT2D eigenvalue weighted by Gasteiger charge is -2.43. The molecule has 8 rings (SSSR count). The lowest BCUT2D eigenvalue weighted by molar-refractivity contribution is -0.276. The fraction of sp³-hybridized carbons (Fsp3) is 0.426. The molecule has 4 aliphatic heterocycles. The summed E-state index contributed by atoms with van der Waals surface area (Å²) < 4.78 is 19.1. The van der Waals surface area contributed by atoms with E-state index in [1.807, 2.05) is 84.9 Å². The number of likely N-dealkylation sites (tertiary alicyclic amines) is 3. The number of nitrogens with one attached hydrogen (secondary N) is 1. The van der Waals surface area contributed by atoms with Gasteiger partial charge in [-0.15, -0.1) is 0 Å². The molecule has 0 aliphatic carbocycles. The van der Waals surface area contributed by atoms with Gasteiger partial charge in [0.15, 0.2) is 6.29 Å². The lowest BCUT2D eigenvalue weighted by Crippen LogP contribution is -2.48. The third-order valence-electron chi connectivity index (χ3n) is 12.2. The van der Waals surface area contributed by atoms with E-state index in [-0.39, 0.29) is 50.2 Å². The van der Waals surface area contributed by atoms with Crippen molar-refractivity contribution in [3.05, 3.63) is 131 Å². The standard InChI is InChI=1S/C47H54N4O7/c1-32-42(29-50-23-9-16-40(50)28-49-21-5-6-22-49)57-46(58-44(32)36-19-17-33(30-52)18-20-36)39-15-8-14-38(25-39)37-13-7-12-35(24-37)27-51-43(53)26-41(45(51)54)48-47(55)56-31-34-10-3-2-4-11-34/h2-4,7-8,10-15,17-20,24-25,32,40-42,44,46,52H,5-6,9,16,21-23,26-31H2,1H3,(H,48,55)/t32-,40+,41?,42+,44+,46+/m1/s1. The molecule has 304 valence electrons. The van der Waals surface area contributed by atoms with Crippen LogP contribution in [-0.4, -0.2) is 88.6 Å². The predicted octanol–water partition coefficient (Wildman–Crippen LogP) is 6.75. The minimum absolute atomic E-state index is 0.00847. The SMILES string of the molecule is C[C@@H]1[C@H](CN2CCC[C@H]2CN2CCCC2)O[C@H](c2cccc(-c3cccc(CN4C(=O)CC(NC(=O)OCc5ccccc5)C4=O)c3)c2)O[C@@H]1c1ccc(CO)cc1. The average molecular weight is 787 g/mol. The topological polar surface area (TPSA) is 121 Å². The van der Waals surface area contributed by atoms with Crippen molar-refractivity contribution in [3.63, 3.8) is 0 Å². The van der Waals surface area contributed by atoms with E-state index >= 15 is 0 Å². The Bertz CT molecular complexity index is 2040. The maximum Gasteiger partial charge on any atom is 0.408 e. The highest BCUT2D eigenvalue weighted by Crippen LogP contribution is 2.43. The van der Waals surface area contributed by atoms with Gasteiger partial charge in [0, 0.05) is 30.6 Å². The van der Waals surface area contributed by atoms with Crippen LogP contribution >= 0.6 is 0 Å². The number of aliphatic hydroxyl groups is 1. The van der Waals surface area contributed by atoms with Gasteiger partial charge in [-0.3, -0.25) is 19.4 Å². The number of aliphatic hydroxyl groups excluding tert-OH is 1. The number of hydrogen-bond donors (Lipinski definition) is 2. The van der Waals surface area contributed by atoms with Crippen molar-refractivity contribution in [1.29, 1.82) is 0 Å². The molecule has 4 aromatic rings. The highest BCUT2D eigenvalue weighted by atomic mass is 16.7. The van der Waals surface area contributed by atoms with E-state index in [9.17, 15) is 19.5 Å². The summed E-state index contributed by atoms with van der Waals surface area (Å²) in [5.41, 5.74) is 6.33. The Hall–Kier alpha value is -4.91. The molecule has 0 saturated carbocycles. The van der Waals surface area contributed by atoms with E-state index in [4.69, 9.17) is 14.2 Å². The number of alkyl carbamates (subject to hydrolysis) is 1. The molecule has 58 heavy (non-hydrogen) atoms. The van der Waals surface area contributed by atoms with Crippen LogP contribution in [0.4, 0.5) is 4.79 Å². The number of imide groups is 1. The first kappa shape index (κ1) is 39.9. The molecule has 11 nitrogen and oxygen atoms in total. The van der Waals surface area contributed by atoms with E-state index in [2.05, 4.69) is 40.2 Å². The van der Waals surface area contributed by atoms with Crippen molar-refractivity contribution >= 4 is 17.9 Å². The van der Waals surface area contributed by atoms with Crippen molar-refractivity contribution in [1.82, 2.24) is 20.0 Å². The smallest absolute Gasteiger partial charge is 0.408 e. The molecule has 4 aromatic carbocycles. The quantitative estimate of drug-likeness (QED) is 0.142. The van der Waals surface area contributed by atoms with Gasteiger partial charge >= 0.3 is 6.09 Å². The van der Waals surface area contributed by atoms with Gasteiger partial charge < -0.3 is 29.5 Å². The summed E-state index contributed by atoms with van der Waals surface area (Å²) in [5.74, 6) is -0.714. The summed E-state index contributed by atoms with van der Waals surface area (Å²) in [5, 5.41) is 12.3. The molecule has 0 bridgehead atoms. The van der Waals surface area contributed by atoms with E-state index in [0.29, 0.717) is 6.04 Å². The number of amides is 3. The molecule has 11 heteroatoms. The van der Waals surface area contributed by atoms with Gasteiger partial charge in [0.25, 0.3) is 5.91 Å². The van der Waals surface area contributed by atoms with Crippen LogP contribution in [0.5, 0.6) is 0 Å². The fourth-order valence-corrected chi connectivity index (χ4v) is 8.93. The van der Waals surface area contributed by atoms with Gasteiger partial charge in [-0.1, -0.05) is 97.9 Å². The molecule has 4 saturated heterocycles. The summed E-state index contributed by atoms with van der Waals surface area (Å²) in [4.78, 5) is 45.3. The molecular formula is C47H54N4O7. The molecule has 0 spiro atoms. The average Bonchev–Trinajstić information content (AvgIpc) is 4.00. The van der Waals surface area contributed by atoms with Crippen LogP contribution in [-0.2, 0) is 43.6 Å². The summed E-state index contributed by atoms with van der Waals surface area (Å²) in [6, 6.07) is 32.9. The van der Waals surface area contributed by atoms with Crippen LogP contribution in [0.1, 0.15) is 79.2 Å². The zero-order valence-electron chi connectivity index (χ0n) is 33.2. The molecule has 1 unspecified atom stereocenters. The number of benzene rings is 4. The highest BCUT2D eigenvalue weighted by molar-refractivity contribution is 6.06. The van der Waals surface area contributed by atoms with Crippen LogP contribution in [0.15, 0.2) is 103 Å². The van der Waals surface area contributed by atoms with E-state index < -0.39 is 24.3 Å². The summed E-state index contributed by atoms with van der Waals surface area (Å²) in [7, 11) is 0. The Balaban J connectivity index is 0.963. The maximum atomic E-state index is 13.3. The lowest BCUT2D eigenvalue weighted by atomic mass is 9.89. The first-order valence-corrected chi connectivity index (χ1v) is 20.8. The number of hydrogen-bond acceptors (Lipinski definition) is 9. The van der Waals surface area contributed by atoms with Crippen molar-refractivity contribution in [2.24, 2.45) is 5.92 Å². The normalized spacial score (nSPS) is 25.4. The first-order valence-electron chi connectivity index (χ1n) is 20.8. The Kier molecular flexibility index (Phi) is 12.6. The van der Waals surface area contributed by atoms with Crippen LogP contribution in [0.2, 0.25) is 0 Å². The van der Waals surface area contributed by atoms with Gasteiger partial charge in [0.1, 0.15) is 12.6 Å². The van der Waals surface area contributed by atoms with Gasteiger partial charge in [0.2, 0.25) is 5.91 Å². The zero-order valence-corrected chi connectivity index (χ0v) is 33.2. The molecule has 6 atom stereocenters. The number of ether oxygens (including phenoxy) is 3. The van der Waals surface area contributed by atoms with Crippen LogP contribution < -0.4 is 5.32 Å². The van der Waals surface area contributed by atoms with Crippen LogP contribution in [0.3, 0.4) is 0 Å². The second kappa shape index (κ2) is 18.3. The Labute approximate surface area is 340 Å². The summed E-state index contributed by atoms with van der Waals surface area (Å²) in [6.45, 7) is 7.80. The third kappa shape index (κ3) is 9.35. The van der Waals surface area contributed by atoms with Crippen molar-refractivity contribution in [3.8, 4) is 11.1 Å². The Morgan fingerprint density at radius 1 is 0.793 bits per heavy atom. The molecule has 4 aliphatic rings. The van der Waals surface area contributed by atoms with Crippen molar-refractivity contribution < 1.29 is 33.7 Å².